The molecule has 5 nitrogen and oxygen atoms in total. The first kappa shape index (κ1) is 16.7. The summed E-state index contributed by atoms with van der Waals surface area (Å²) >= 11 is 0. The molecular formula is C18H22N3O2+. The fraction of sp³-hybridized carbons (Fsp3) is 0.222. The number of imide groups is 1. The van der Waals surface area contributed by atoms with Crippen LogP contribution in [0.5, 0.6) is 0 Å². The van der Waals surface area contributed by atoms with Crippen LogP contribution >= 0.6 is 0 Å². The van der Waals surface area contributed by atoms with Crippen molar-refractivity contribution in [1.82, 2.24) is 10.6 Å². The zero-order valence-corrected chi connectivity index (χ0v) is 13.2. The lowest BCUT2D eigenvalue weighted by atomic mass is 10.1. The molecule has 0 aliphatic rings. The standard InChI is InChI=1S/C18H21N3O2/c1-2-19-18(23)21-17(22)16(15-11-7-4-8-12-15)20-13-14-9-5-3-6-10-14/h3-12,16,20H,2,13H2,1H3,(H2,19,21,22,23)/p+1/t16-/m1/s1. The number of carbonyl (C=O) groups excluding carboxylic acids is 2. The summed E-state index contributed by atoms with van der Waals surface area (Å²) in [6, 6.07) is 18.4. The minimum absolute atomic E-state index is 0.321. The number of amides is 3. The Morgan fingerprint density at radius 3 is 2.22 bits per heavy atom. The highest BCUT2D eigenvalue weighted by atomic mass is 16.2. The molecular weight excluding hydrogens is 290 g/mol. The van der Waals surface area contributed by atoms with E-state index >= 15 is 0 Å². The number of urea groups is 1. The molecule has 0 saturated carbocycles. The van der Waals surface area contributed by atoms with Crippen molar-refractivity contribution in [3.63, 3.8) is 0 Å². The third-order valence-corrected chi connectivity index (χ3v) is 3.45. The molecule has 0 spiro atoms. The topological polar surface area (TPSA) is 74.8 Å². The molecule has 0 aliphatic carbocycles. The Labute approximate surface area is 136 Å². The van der Waals surface area contributed by atoms with Gasteiger partial charge in [-0.3, -0.25) is 10.1 Å². The van der Waals surface area contributed by atoms with Gasteiger partial charge in [0, 0.05) is 17.7 Å². The van der Waals surface area contributed by atoms with E-state index in [2.05, 4.69) is 10.6 Å². The molecule has 0 radical (unpaired) electrons. The average Bonchev–Trinajstić information content (AvgIpc) is 2.57. The van der Waals surface area contributed by atoms with Gasteiger partial charge in [0.15, 0.2) is 6.04 Å². The molecule has 23 heavy (non-hydrogen) atoms. The summed E-state index contributed by atoms with van der Waals surface area (Å²) in [6.07, 6.45) is 0. The Bertz CT molecular complexity index is 629. The molecule has 0 aliphatic heterocycles. The van der Waals surface area contributed by atoms with Crippen molar-refractivity contribution in [3.8, 4) is 0 Å². The molecule has 0 bridgehead atoms. The SMILES string of the molecule is CCNC(=O)NC(=O)[C@H]([NH2+]Cc1ccccc1)c1ccccc1. The summed E-state index contributed by atoms with van der Waals surface area (Å²) in [5, 5.41) is 6.90. The smallest absolute Gasteiger partial charge is 0.321 e. The fourth-order valence-corrected chi connectivity index (χ4v) is 2.32. The van der Waals surface area contributed by atoms with Crippen LogP contribution in [0, 0.1) is 0 Å². The Balaban J connectivity index is 2.09. The van der Waals surface area contributed by atoms with Crippen LogP contribution in [0.4, 0.5) is 4.79 Å². The van der Waals surface area contributed by atoms with E-state index < -0.39 is 12.1 Å². The third-order valence-electron chi connectivity index (χ3n) is 3.45. The molecule has 120 valence electrons. The fourth-order valence-electron chi connectivity index (χ4n) is 2.32. The van der Waals surface area contributed by atoms with Crippen LogP contribution in [0.15, 0.2) is 60.7 Å². The molecule has 3 amide bonds. The highest BCUT2D eigenvalue weighted by Gasteiger charge is 2.25. The molecule has 2 rings (SSSR count). The van der Waals surface area contributed by atoms with E-state index in [0.29, 0.717) is 13.1 Å². The van der Waals surface area contributed by atoms with Gasteiger partial charge in [0.1, 0.15) is 6.54 Å². The molecule has 0 heterocycles. The minimum atomic E-state index is -0.473. The second-order valence-corrected chi connectivity index (χ2v) is 5.16. The maximum absolute atomic E-state index is 12.4. The molecule has 2 aromatic rings. The number of carbonyl (C=O) groups is 2. The summed E-state index contributed by atoms with van der Waals surface area (Å²) in [7, 11) is 0. The van der Waals surface area contributed by atoms with Gasteiger partial charge in [0.25, 0.3) is 5.91 Å². The summed E-state index contributed by atoms with van der Waals surface area (Å²) in [4.78, 5) is 24.1. The minimum Gasteiger partial charge on any atom is -0.338 e. The predicted octanol–water partition coefficient (Wildman–Crippen LogP) is 1.34. The van der Waals surface area contributed by atoms with Gasteiger partial charge in [0.05, 0.1) is 0 Å². The van der Waals surface area contributed by atoms with Gasteiger partial charge >= 0.3 is 6.03 Å². The highest BCUT2D eigenvalue weighted by Crippen LogP contribution is 2.09. The van der Waals surface area contributed by atoms with E-state index in [0.717, 1.165) is 11.1 Å². The van der Waals surface area contributed by atoms with E-state index in [1.807, 2.05) is 66.0 Å². The molecule has 2 aromatic carbocycles. The largest absolute Gasteiger partial charge is 0.338 e. The van der Waals surface area contributed by atoms with Crippen molar-refractivity contribution < 1.29 is 14.9 Å². The molecule has 0 aromatic heterocycles. The van der Waals surface area contributed by atoms with Crippen molar-refractivity contribution in [2.24, 2.45) is 0 Å². The molecule has 0 saturated heterocycles. The normalized spacial score (nSPS) is 11.5. The van der Waals surface area contributed by atoms with Crippen molar-refractivity contribution in [1.29, 1.82) is 0 Å². The summed E-state index contributed by atoms with van der Waals surface area (Å²) in [5.41, 5.74) is 1.99. The number of nitrogens with two attached hydrogens (primary N) is 1. The first-order valence-corrected chi connectivity index (χ1v) is 7.71. The highest BCUT2D eigenvalue weighted by molar-refractivity contribution is 5.96. The van der Waals surface area contributed by atoms with Gasteiger partial charge in [-0.2, -0.15) is 0 Å². The lowest BCUT2D eigenvalue weighted by Crippen LogP contribution is -2.86. The molecule has 0 unspecified atom stereocenters. The van der Waals surface area contributed by atoms with E-state index in [9.17, 15) is 9.59 Å². The van der Waals surface area contributed by atoms with Crippen LogP contribution in [-0.2, 0) is 11.3 Å². The van der Waals surface area contributed by atoms with Crippen LogP contribution in [0.2, 0.25) is 0 Å². The first-order valence-electron chi connectivity index (χ1n) is 7.71. The van der Waals surface area contributed by atoms with Crippen LogP contribution in [-0.4, -0.2) is 18.5 Å². The Morgan fingerprint density at radius 2 is 1.61 bits per heavy atom. The van der Waals surface area contributed by atoms with E-state index in [1.165, 1.54) is 0 Å². The summed E-state index contributed by atoms with van der Waals surface area (Å²) in [6.45, 7) is 2.94. The Kier molecular flexibility index (Phi) is 6.32. The quantitative estimate of drug-likeness (QED) is 0.753. The van der Waals surface area contributed by atoms with Crippen molar-refractivity contribution in [2.75, 3.05) is 6.54 Å². The van der Waals surface area contributed by atoms with E-state index in [4.69, 9.17) is 0 Å². The number of hydrogen-bond acceptors (Lipinski definition) is 2. The molecule has 5 heteroatoms. The number of benzene rings is 2. The number of quaternary nitrogens is 1. The van der Waals surface area contributed by atoms with Crippen molar-refractivity contribution >= 4 is 11.9 Å². The average molecular weight is 312 g/mol. The molecule has 4 N–H and O–H groups in total. The van der Waals surface area contributed by atoms with Crippen LogP contribution in [0.3, 0.4) is 0 Å². The second kappa shape index (κ2) is 8.70. The summed E-state index contributed by atoms with van der Waals surface area (Å²) < 4.78 is 0. The number of rotatable bonds is 6. The zero-order valence-electron chi connectivity index (χ0n) is 13.2. The lowest BCUT2D eigenvalue weighted by molar-refractivity contribution is -0.698. The monoisotopic (exact) mass is 312 g/mol. The van der Waals surface area contributed by atoms with Gasteiger partial charge in [-0.1, -0.05) is 60.7 Å². The van der Waals surface area contributed by atoms with Gasteiger partial charge in [-0.25, -0.2) is 4.79 Å². The van der Waals surface area contributed by atoms with Crippen LogP contribution < -0.4 is 16.0 Å². The van der Waals surface area contributed by atoms with Crippen LogP contribution in [0.25, 0.3) is 0 Å². The third kappa shape index (κ3) is 5.23. The molecule has 0 fully saturated rings. The maximum Gasteiger partial charge on any atom is 0.321 e. The zero-order chi connectivity index (χ0) is 16.5. The predicted molar refractivity (Wildman–Crippen MR) is 88.5 cm³/mol. The van der Waals surface area contributed by atoms with Gasteiger partial charge < -0.3 is 10.6 Å². The second-order valence-electron chi connectivity index (χ2n) is 5.16. The van der Waals surface area contributed by atoms with E-state index in [-0.39, 0.29) is 5.91 Å². The number of nitrogens with one attached hydrogen (secondary N) is 2. The Morgan fingerprint density at radius 1 is 1.00 bits per heavy atom. The van der Waals surface area contributed by atoms with Gasteiger partial charge in [0.2, 0.25) is 0 Å². The summed E-state index contributed by atoms with van der Waals surface area (Å²) in [5.74, 6) is -0.321. The van der Waals surface area contributed by atoms with Crippen molar-refractivity contribution in [3.05, 3.63) is 71.8 Å². The van der Waals surface area contributed by atoms with Gasteiger partial charge in [-0.15, -0.1) is 0 Å². The molecule has 1 atom stereocenters. The lowest BCUT2D eigenvalue weighted by Gasteiger charge is -2.15. The van der Waals surface area contributed by atoms with Gasteiger partial charge in [-0.05, 0) is 6.92 Å². The Hall–Kier alpha value is -2.66. The maximum atomic E-state index is 12.4. The van der Waals surface area contributed by atoms with Crippen molar-refractivity contribution in [2.45, 2.75) is 19.5 Å². The first-order chi connectivity index (χ1) is 11.2. The van der Waals surface area contributed by atoms with Crippen LogP contribution in [0.1, 0.15) is 24.1 Å². The van der Waals surface area contributed by atoms with E-state index in [1.54, 1.807) is 6.92 Å². The number of hydrogen-bond donors (Lipinski definition) is 3.